The number of carbonyl (C=O) groups is 3. The van der Waals surface area contributed by atoms with Crippen LogP contribution in [0.25, 0.3) is 11.0 Å². The van der Waals surface area contributed by atoms with Crippen molar-refractivity contribution in [1.29, 1.82) is 0 Å². The summed E-state index contributed by atoms with van der Waals surface area (Å²) in [7, 11) is 0. The van der Waals surface area contributed by atoms with Crippen molar-refractivity contribution in [2.45, 2.75) is 39.8 Å². The van der Waals surface area contributed by atoms with Gasteiger partial charge >= 0.3 is 11.7 Å². The Morgan fingerprint density at radius 2 is 1.55 bits per heavy atom. The van der Waals surface area contributed by atoms with E-state index in [0.29, 0.717) is 17.8 Å². The minimum absolute atomic E-state index is 0.0272. The molecule has 8 nitrogen and oxygen atoms in total. The van der Waals surface area contributed by atoms with Crippen molar-refractivity contribution < 1.29 is 19.1 Å². The molecule has 2 aromatic carbocycles. The number of aromatic nitrogens is 2. The van der Waals surface area contributed by atoms with Crippen LogP contribution in [0.15, 0.2) is 53.3 Å². The molecule has 0 spiro atoms. The summed E-state index contributed by atoms with van der Waals surface area (Å²) < 4.78 is 8.30. The average molecular weight is 423 g/mol. The molecule has 0 radical (unpaired) electrons. The van der Waals surface area contributed by atoms with Gasteiger partial charge in [0.15, 0.2) is 12.4 Å². The Morgan fingerprint density at radius 3 is 2.13 bits per heavy atom. The third-order valence-electron chi connectivity index (χ3n) is 4.85. The lowest BCUT2D eigenvalue weighted by molar-refractivity contribution is -0.147. The van der Waals surface area contributed by atoms with Crippen molar-refractivity contribution in [2.24, 2.45) is 0 Å². The fourth-order valence-corrected chi connectivity index (χ4v) is 3.33. The minimum atomic E-state index is -0.568. The van der Waals surface area contributed by atoms with Crippen LogP contribution in [0.5, 0.6) is 0 Å². The van der Waals surface area contributed by atoms with E-state index in [4.69, 9.17) is 4.74 Å². The number of benzene rings is 2. The molecule has 0 bridgehead atoms. The lowest BCUT2D eigenvalue weighted by Gasteiger charge is -2.07. The molecule has 3 rings (SSSR count). The van der Waals surface area contributed by atoms with Gasteiger partial charge in [0, 0.05) is 24.3 Å². The number of imidazole rings is 1. The van der Waals surface area contributed by atoms with E-state index in [1.807, 2.05) is 31.2 Å². The Kier molecular flexibility index (Phi) is 7.02. The lowest BCUT2D eigenvalue weighted by Crippen LogP contribution is -2.26. The number of para-hydroxylation sites is 2. The van der Waals surface area contributed by atoms with Crippen molar-refractivity contribution >= 4 is 34.4 Å². The number of Topliss-reactive ketones (excluding diaryl/α,β-unsaturated/α-hetero) is 1. The van der Waals surface area contributed by atoms with Crippen molar-refractivity contribution in [3.05, 3.63) is 64.6 Å². The van der Waals surface area contributed by atoms with Crippen molar-refractivity contribution in [2.75, 3.05) is 11.9 Å². The van der Waals surface area contributed by atoms with Crippen LogP contribution in [-0.4, -0.2) is 33.4 Å². The van der Waals surface area contributed by atoms with Crippen molar-refractivity contribution in [1.82, 2.24) is 9.13 Å². The molecular weight excluding hydrogens is 398 g/mol. The summed E-state index contributed by atoms with van der Waals surface area (Å²) in [6.45, 7) is 3.80. The number of esters is 1. The van der Waals surface area contributed by atoms with E-state index in [1.165, 1.54) is 6.92 Å². The molecule has 3 aromatic rings. The van der Waals surface area contributed by atoms with Crippen LogP contribution in [0.4, 0.5) is 5.69 Å². The number of hydrogen-bond donors (Lipinski definition) is 1. The predicted octanol–water partition coefficient (Wildman–Crippen LogP) is 2.99. The van der Waals surface area contributed by atoms with E-state index in [9.17, 15) is 19.2 Å². The van der Waals surface area contributed by atoms with Crippen LogP contribution in [0.2, 0.25) is 0 Å². The molecule has 0 fully saturated rings. The van der Waals surface area contributed by atoms with Gasteiger partial charge in [-0.05, 0) is 49.7 Å². The van der Waals surface area contributed by atoms with E-state index in [1.54, 1.807) is 33.4 Å². The normalized spacial score (nSPS) is 10.8. The summed E-state index contributed by atoms with van der Waals surface area (Å²) in [5.74, 6) is -1.12. The molecule has 0 atom stereocenters. The number of nitrogens with one attached hydrogen (secondary N) is 1. The van der Waals surface area contributed by atoms with Gasteiger partial charge in [-0.2, -0.15) is 0 Å². The minimum Gasteiger partial charge on any atom is -0.456 e. The van der Waals surface area contributed by atoms with E-state index in [-0.39, 0.29) is 24.4 Å². The number of rotatable bonds is 9. The fraction of sp³-hybridized carbons (Fsp3) is 0.304. The third kappa shape index (κ3) is 5.28. The highest BCUT2D eigenvalue weighted by molar-refractivity contribution is 5.96. The number of fused-ring (bicyclic) bond motifs is 1. The lowest BCUT2D eigenvalue weighted by atomic mass is 10.1. The number of carbonyl (C=O) groups excluding carboxylic acids is 3. The zero-order valence-electron chi connectivity index (χ0n) is 17.6. The summed E-state index contributed by atoms with van der Waals surface area (Å²) in [6, 6.07) is 13.9. The van der Waals surface area contributed by atoms with Gasteiger partial charge in [0.1, 0.15) is 0 Å². The molecule has 0 aliphatic carbocycles. The molecular formula is C23H25N3O5. The van der Waals surface area contributed by atoms with Gasteiger partial charge < -0.3 is 10.1 Å². The fourth-order valence-electron chi connectivity index (χ4n) is 3.33. The van der Waals surface area contributed by atoms with Crippen LogP contribution in [0, 0.1) is 0 Å². The first kappa shape index (κ1) is 22.0. The van der Waals surface area contributed by atoms with Gasteiger partial charge in [-0.15, -0.1) is 0 Å². The molecule has 1 N–H and O–H groups in total. The number of aryl methyl sites for hydroxylation is 2. The second-order valence-corrected chi connectivity index (χ2v) is 7.17. The van der Waals surface area contributed by atoms with Crippen LogP contribution < -0.4 is 11.0 Å². The molecule has 1 heterocycles. The highest BCUT2D eigenvalue weighted by Gasteiger charge is 2.14. The zero-order chi connectivity index (χ0) is 22.4. The monoisotopic (exact) mass is 423 g/mol. The smallest absolute Gasteiger partial charge is 0.329 e. The molecule has 1 amide bonds. The SMILES string of the molecule is CCCn1c(=O)n(CCC(=O)OCC(=O)Nc2ccc(C(C)=O)cc2)c2ccccc21. The summed E-state index contributed by atoms with van der Waals surface area (Å²) in [5.41, 5.74) is 2.47. The molecule has 0 saturated heterocycles. The van der Waals surface area contributed by atoms with Crippen LogP contribution >= 0.6 is 0 Å². The Labute approximate surface area is 179 Å². The maximum atomic E-state index is 12.7. The van der Waals surface area contributed by atoms with Crippen LogP contribution in [-0.2, 0) is 27.4 Å². The Balaban J connectivity index is 1.55. The summed E-state index contributed by atoms with van der Waals surface area (Å²) in [5, 5.41) is 2.60. The highest BCUT2D eigenvalue weighted by atomic mass is 16.5. The number of ketones is 1. The molecule has 1 aromatic heterocycles. The van der Waals surface area contributed by atoms with Gasteiger partial charge in [-0.25, -0.2) is 4.79 Å². The number of hydrogen-bond acceptors (Lipinski definition) is 5. The van der Waals surface area contributed by atoms with Gasteiger partial charge in [0.2, 0.25) is 0 Å². The molecule has 0 aliphatic heterocycles. The second kappa shape index (κ2) is 9.88. The maximum Gasteiger partial charge on any atom is 0.329 e. The summed E-state index contributed by atoms with van der Waals surface area (Å²) in [4.78, 5) is 48.1. The first-order chi connectivity index (χ1) is 14.9. The number of anilines is 1. The first-order valence-electron chi connectivity index (χ1n) is 10.1. The maximum absolute atomic E-state index is 12.7. The molecule has 0 unspecified atom stereocenters. The standard InChI is InChI=1S/C23H25N3O5/c1-3-13-25-19-6-4-5-7-20(19)26(23(25)30)14-12-22(29)31-15-21(28)24-18-10-8-17(9-11-18)16(2)27/h4-11H,3,12-15H2,1-2H3,(H,24,28). The molecule has 162 valence electrons. The summed E-state index contributed by atoms with van der Waals surface area (Å²) in [6.07, 6.45) is 0.795. The van der Waals surface area contributed by atoms with Crippen LogP contribution in [0.3, 0.4) is 0 Å². The second-order valence-electron chi connectivity index (χ2n) is 7.17. The van der Waals surface area contributed by atoms with Gasteiger partial charge in [-0.1, -0.05) is 19.1 Å². The Hall–Kier alpha value is -3.68. The zero-order valence-corrected chi connectivity index (χ0v) is 17.6. The molecule has 0 aliphatic rings. The van der Waals surface area contributed by atoms with E-state index in [0.717, 1.165) is 17.5 Å². The molecule has 31 heavy (non-hydrogen) atoms. The van der Waals surface area contributed by atoms with Crippen molar-refractivity contribution in [3.8, 4) is 0 Å². The van der Waals surface area contributed by atoms with E-state index < -0.39 is 18.5 Å². The molecule has 0 saturated carbocycles. The van der Waals surface area contributed by atoms with Gasteiger partial charge in [0.25, 0.3) is 5.91 Å². The Bertz CT molecular complexity index is 1160. The van der Waals surface area contributed by atoms with Gasteiger partial charge in [-0.3, -0.25) is 23.5 Å². The average Bonchev–Trinajstić information content (AvgIpc) is 3.02. The van der Waals surface area contributed by atoms with Crippen molar-refractivity contribution in [3.63, 3.8) is 0 Å². The third-order valence-corrected chi connectivity index (χ3v) is 4.85. The Morgan fingerprint density at radius 1 is 0.935 bits per heavy atom. The van der Waals surface area contributed by atoms with E-state index in [2.05, 4.69) is 5.32 Å². The first-order valence-corrected chi connectivity index (χ1v) is 10.1. The quantitative estimate of drug-likeness (QED) is 0.421. The number of nitrogens with zero attached hydrogens (tertiary/aromatic N) is 2. The summed E-state index contributed by atoms with van der Waals surface area (Å²) >= 11 is 0. The molecule has 8 heteroatoms. The predicted molar refractivity (Wildman–Crippen MR) is 117 cm³/mol. The topological polar surface area (TPSA) is 99.4 Å². The van der Waals surface area contributed by atoms with E-state index >= 15 is 0 Å². The number of amides is 1. The van der Waals surface area contributed by atoms with Crippen LogP contribution in [0.1, 0.15) is 37.0 Å². The largest absolute Gasteiger partial charge is 0.456 e. The number of ether oxygens (including phenoxy) is 1. The highest BCUT2D eigenvalue weighted by Crippen LogP contribution is 2.14. The van der Waals surface area contributed by atoms with Gasteiger partial charge in [0.05, 0.1) is 17.5 Å².